The number of benzene rings is 7. The van der Waals surface area contributed by atoms with Crippen LogP contribution in [0.3, 0.4) is 0 Å². The summed E-state index contributed by atoms with van der Waals surface area (Å²) >= 11 is 0. The van der Waals surface area contributed by atoms with E-state index >= 15 is 0 Å². The van der Waals surface area contributed by atoms with E-state index in [4.69, 9.17) is 10.7 Å². The van der Waals surface area contributed by atoms with Crippen LogP contribution < -0.4 is 5.73 Å². The molecule has 10 rings (SSSR count). The van der Waals surface area contributed by atoms with Crippen LogP contribution in [0.25, 0.3) is 77.5 Å². The first-order valence-corrected chi connectivity index (χ1v) is 18.5. The average Bonchev–Trinajstić information content (AvgIpc) is 3.76. The lowest BCUT2D eigenvalue weighted by atomic mass is 9.99. The molecule has 1 aliphatic carbocycles. The summed E-state index contributed by atoms with van der Waals surface area (Å²) in [5, 5.41) is 4.92. The van der Waals surface area contributed by atoms with E-state index in [1.807, 2.05) is 54.6 Å². The van der Waals surface area contributed by atoms with Crippen LogP contribution in [0.5, 0.6) is 0 Å². The number of nitrogens with zero attached hydrogens (tertiary/aromatic N) is 3. The van der Waals surface area contributed by atoms with Gasteiger partial charge in [0.2, 0.25) is 0 Å². The maximum atomic E-state index is 6.63. The van der Waals surface area contributed by atoms with Gasteiger partial charge in [0.15, 0.2) is 0 Å². The van der Waals surface area contributed by atoms with Crippen LogP contribution in [0.1, 0.15) is 11.1 Å². The highest BCUT2D eigenvalue weighted by molar-refractivity contribution is 6.17. The van der Waals surface area contributed by atoms with Gasteiger partial charge in [0, 0.05) is 44.2 Å². The van der Waals surface area contributed by atoms with Crippen LogP contribution in [0.2, 0.25) is 0 Å². The Hall–Kier alpha value is -7.43. The molecule has 2 aromatic heterocycles. The van der Waals surface area contributed by atoms with Crippen molar-refractivity contribution in [1.29, 1.82) is 0 Å². The van der Waals surface area contributed by atoms with Crippen molar-refractivity contribution >= 4 is 60.7 Å². The van der Waals surface area contributed by atoms with Crippen LogP contribution >= 0.6 is 0 Å². The van der Waals surface area contributed by atoms with Crippen LogP contribution in [-0.2, 0) is 0 Å². The first-order valence-electron chi connectivity index (χ1n) is 18.5. The normalized spacial score (nSPS) is 14.4. The SMILES string of the molecule is C=C(N=C1C=CC=C/C1=C(/N)c1ccccc1)c1ccc(-n2c3ccccc3c3cc(-c4ccc5c(c4)c4ccccc4n5-c4ccccc4)ccc32)cc1. The van der Waals surface area contributed by atoms with Gasteiger partial charge in [-0.25, -0.2) is 4.99 Å². The maximum Gasteiger partial charge on any atom is 0.0730 e. The second-order valence-corrected chi connectivity index (χ2v) is 13.9. The van der Waals surface area contributed by atoms with Crippen molar-refractivity contribution < 1.29 is 0 Å². The monoisotopic (exact) mass is 704 g/mol. The molecule has 0 spiro atoms. The third-order valence-electron chi connectivity index (χ3n) is 10.7. The summed E-state index contributed by atoms with van der Waals surface area (Å²) < 4.78 is 4.71. The largest absolute Gasteiger partial charge is 0.398 e. The first-order chi connectivity index (χ1) is 27.1. The summed E-state index contributed by atoms with van der Waals surface area (Å²) in [6.45, 7) is 4.35. The first kappa shape index (κ1) is 32.2. The van der Waals surface area contributed by atoms with Gasteiger partial charge in [-0.1, -0.05) is 134 Å². The number of fused-ring (bicyclic) bond motifs is 6. The van der Waals surface area contributed by atoms with Crippen molar-refractivity contribution in [2.75, 3.05) is 0 Å². The number of para-hydroxylation sites is 3. The highest BCUT2D eigenvalue weighted by atomic mass is 15.0. The number of nitrogens with two attached hydrogens (primary N) is 1. The number of aromatic nitrogens is 2. The second-order valence-electron chi connectivity index (χ2n) is 13.9. The highest BCUT2D eigenvalue weighted by Gasteiger charge is 2.17. The molecule has 2 heterocycles. The lowest BCUT2D eigenvalue weighted by molar-refractivity contribution is 1.18. The minimum absolute atomic E-state index is 0.676. The zero-order valence-electron chi connectivity index (χ0n) is 30.1. The molecule has 0 aliphatic heterocycles. The Balaban J connectivity index is 1.02. The average molecular weight is 705 g/mol. The molecule has 4 nitrogen and oxygen atoms in total. The van der Waals surface area contributed by atoms with Gasteiger partial charge in [-0.15, -0.1) is 0 Å². The van der Waals surface area contributed by atoms with Crippen molar-refractivity contribution in [3.05, 3.63) is 217 Å². The minimum Gasteiger partial charge on any atom is -0.398 e. The fourth-order valence-corrected chi connectivity index (χ4v) is 8.02. The Morgan fingerprint density at radius 2 is 0.945 bits per heavy atom. The van der Waals surface area contributed by atoms with Crippen LogP contribution in [0.15, 0.2) is 211 Å². The van der Waals surface area contributed by atoms with Gasteiger partial charge in [-0.3, -0.25) is 0 Å². The van der Waals surface area contributed by atoms with Crippen molar-refractivity contribution in [2.45, 2.75) is 0 Å². The molecule has 7 aromatic carbocycles. The number of rotatable bonds is 6. The van der Waals surface area contributed by atoms with Gasteiger partial charge >= 0.3 is 0 Å². The Bertz CT molecular complexity index is 3080. The molecule has 1 aliphatic rings. The summed E-state index contributed by atoms with van der Waals surface area (Å²) in [7, 11) is 0. The summed E-state index contributed by atoms with van der Waals surface area (Å²) in [6.07, 6.45) is 7.96. The Labute approximate surface area is 319 Å². The van der Waals surface area contributed by atoms with E-state index < -0.39 is 0 Å². The van der Waals surface area contributed by atoms with Gasteiger partial charge in [0.25, 0.3) is 0 Å². The molecule has 4 heteroatoms. The zero-order valence-corrected chi connectivity index (χ0v) is 30.1. The molecule has 0 saturated heterocycles. The van der Waals surface area contributed by atoms with Gasteiger partial charge in [-0.05, 0) is 89.0 Å². The molecular formula is C51H36N4. The van der Waals surface area contributed by atoms with E-state index in [1.54, 1.807) is 0 Å². The Kier molecular flexibility index (Phi) is 7.74. The predicted octanol–water partition coefficient (Wildman–Crippen LogP) is 12.5. The van der Waals surface area contributed by atoms with Gasteiger partial charge < -0.3 is 14.9 Å². The van der Waals surface area contributed by atoms with E-state index in [9.17, 15) is 0 Å². The second kappa shape index (κ2) is 13.2. The molecule has 0 amide bonds. The Morgan fingerprint density at radius 1 is 0.455 bits per heavy atom. The lowest BCUT2D eigenvalue weighted by Crippen LogP contribution is -2.09. The third kappa shape index (κ3) is 5.51. The van der Waals surface area contributed by atoms with Crippen LogP contribution in [0.4, 0.5) is 0 Å². The lowest BCUT2D eigenvalue weighted by Gasteiger charge is -2.13. The third-order valence-corrected chi connectivity index (χ3v) is 10.7. The molecular weight excluding hydrogens is 669 g/mol. The number of hydrogen-bond acceptors (Lipinski definition) is 2. The molecule has 0 fully saturated rings. The van der Waals surface area contributed by atoms with E-state index in [0.29, 0.717) is 11.4 Å². The van der Waals surface area contributed by atoms with Gasteiger partial charge in [-0.2, -0.15) is 0 Å². The van der Waals surface area contributed by atoms with Crippen molar-refractivity contribution in [2.24, 2.45) is 10.7 Å². The topological polar surface area (TPSA) is 48.2 Å². The molecule has 9 aromatic rings. The zero-order chi connectivity index (χ0) is 36.9. The standard InChI is InChI=1S/C51H36N4/c1-34(53-46-21-11-8-20-43(46)51(52)36-14-4-2-5-15-36)35-24-28-40(29-25-35)55-48-23-13-10-19-42(48)45-33-38(27-31-50(45)55)37-26-30-49-44(32-37)41-18-9-12-22-47(41)54(49)39-16-6-3-7-17-39/h2-33H,1,52H2/b51-43-,53-46?. The van der Waals surface area contributed by atoms with Gasteiger partial charge in [0.1, 0.15) is 0 Å². The molecule has 0 unspecified atom stereocenters. The molecule has 0 saturated carbocycles. The highest BCUT2D eigenvalue weighted by Crippen LogP contribution is 2.38. The minimum atomic E-state index is 0.676. The van der Waals surface area contributed by atoms with E-state index in [0.717, 1.165) is 44.8 Å². The fourth-order valence-electron chi connectivity index (χ4n) is 8.02. The Morgan fingerprint density at radius 3 is 1.55 bits per heavy atom. The maximum absolute atomic E-state index is 6.63. The summed E-state index contributed by atoms with van der Waals surface area (Å²) in [5.41, 5.74) is 20.9. The summed E-state index contributed by atoms with van der Waals surface area (Å²) in [5.74, 6) is 0. The van der Waals surface area contributed by atoms with E-state index in [2.05, 4.69) is 155 Å². The van der Waals surface area contributed by atoms with Crippen molar-refractivity contribution in [3.8, 4) is 22.5 Å². The van der Waals surface area contributed by atoms with Crippen LogP contribution in [-0.4, -0.2) is 14.8 Å². The van der Waals surface area contributed by atoms with E-state index in [1.165, 1.54) is 43.7 Å². The van der Waals surface area contributed by atoms with E-state index in [-0.39, 0.29) is 0 Å². The number of hydrogen-bond donors (Lipinski definition) is 1. The van der Waals surface area contributed by atoms with Crippen molar-refractivity contribution in [3.63, 3.8) is 0 Å². The van der Waals surface area contributed by atoms with Crippen molar-refractivity contribution in [1.82, 2.24) is 9.13 Å². The number of allylic oxidation sites excluding steroid dienone is 5. The van der Waals surface area contributed by atoms with Gasteiger partial charge in [0.05, 0.1) is 33.5 Å². The fraction of sp³-hybridized carbons (Fsp3) is 0. The molecule has 260 valence electrons. The molecule has 0 bridgehead atoms. The summed E-state index contributed by atoms with van der Waals surface area (Å²) in [6, 6.07) is 60.2. The molecule has 0 radical (unpaired) electrons. The smallest absolute Gasteiger partial charge is 0.0730 e. The molecule has 55 heavy (non-hydrogen) atoms. The number of aliphatic imine (C=N–C) groups is 1. The van der Waals surface area contributed by atoms with Crippen LogP contribution in [0, 0.1) is 0 Å². The summed E-state index contributed by atoms with van der Waals surface area (Å²) in [4.78, 5) is 4.96. The predicted molar refractivity (Wildman–Crippen MR) is 233 cm³/mol. The quantitative estimate of drug-likeness (QED) is 0.184. The molecule has 2 N–H and O–H groups in total. The molecule has 0 atom stereocenters.